The zero-order chi connectivity index (χ0) is 14.5. The van der Waals surface area contributed by atoms with E-state index in [0.29, 0.717) is 17.7 Å². The summed E-state index contributed by atoms with van der Waals surface area (Å²) in [4.78, 5) is 13.3. The van der Waals surface area contributed by atoms with Crippen molar-refractivity contribution >= 4 is 23.4 Å². The van der Waals surface area contributed by atoms with Crippen LogP contribution < -0.4 is 0 Å². The third-order valence-corrected chi connectivity index (χ3v) is 3.79. The fourth-order valence-corrected chi connectivity index (χ4v) is 2.79. The van der Waals surface area contributed by atoms with Gasteiger partial charge in [0, 0.05) is 20.9 Å². The topological polar surface area (TPSA) is 26.3 Å². The molecule has 2 aromatic rings. The fraction of sp³-hybridized carbons (Fsp3) is 0.188. The van der Waals surface area contributed by atoms with Crippen LogP contribution in [0.2, 0.25) is 0 Å². The van der Waals surface area contributed by atoms with Gasteiger partial charge < -0.3 is 4.74 Å². The highest BCUT2D eigenvalue weighted by Crippen LogP contribution is 2.31. The van der Waals surface area contributed by atoms with Crippen LogP contribution in [-0.2, 0) is 9.53 Å². The first-order chi connectivity index (χ1) is 9.61. The first-order valence-electron chi connectivity index (χ1n) is 6.32. The van der Waals surface area contributed by atoms with Crippen LogP contribution in [0.3, 0.4) is 0 Å². The lowest BCUT2D eigenvalue weighted by atomic mass is 10.2. The Morgan fingerprint density at radius 2 is 2.05 bits per heavy atom. The molecule has 20 heavy (non-hydrogen) atoms. The maximum absolute atomic E-state index is 13.7. The molecule has 2 rings (SSSR count). The van der Waals surface area contributed by atoms with Gasteiger partial charge in [-0.05, 0) is 38.1 Å². The summed E-state index contributed by atoms with van der Waals surface area (Å²) in [5, 5.41) is 0. The Labute approximate surface area is 121 Å². The highest BCUT2D eigenvalue weighted by molar-refractivity contribution is 7.16. The molecule has 4 heteroatoms. The van der Waals surface area contributed by atoms with Gasteiger partial charge >= 0.3 is 5.97 Å². The van der Waals surface area contributed by atoms with Crippen LogP contribution >= 0.6 is 11.3 Å². The molecule has 0 saturated heterocycles. The average molecular weight is 290 g/mol. The standard InChI is InChI=1S/C16H15FO2S/c1-3-19-16(18)11(2)10-12-8-9-15(20-12)13-6-4-5-7-14(13)17/h4-10H,3H2,1-2H3/b11-10+. The second kappa shape index (κ2) is 6.48. The zero-order valence-corrected chi connectivity index (χ0v) is 12.2. The fourth-order valence-electron chi connectivity index (χ4n) is 1.75. The number of halogens is 1. The summed E-state index contributed by atoms with van der Waals surface area (Å²) in [5.41, 5.74) is 1.11. The minimum Gasteiger partial charge on any atom is -0.463 e. The summed E-state index contributed by atoms with van der Waals surface area (Å²) >= 11 is 1.44. The molecule has 2 nitrogen and oxygen atoms in total. The molecule has 104 valence electrons. The lowest BCUT2D eigenvalue weighted by molar-refractivity contribution is -0.138. The van der Waals surface area contributed by atoms with E-state index in [1.165, 1.54) is 17.4 Å². The quantitative estimate of drug-likeness (QED) is 0.611. The molecule has 0 bridgehead atoms. The molecular weight excluding hydrogens is 275 g/mol. The Hall–Kier alpha value is -1.94. The molecule has 1 heterocycles. The van der Waals surface area contributed by atoms with E-state index >= 15 is 0 Å². The monoisotopic (exact) mass is 290 g/mol. The minimum atomic E-state index is -0.326. The SMILES string of the molecule is CCOC(=O)/C(C)=C/c1ccc(-c2ccccc2F)s1. The molecule has 1 aromatic carbocycles. The van der Waals surface area contributed by atoms with Crippen LogP contribution in [0.5, 0.6) is 0 Å². The first kappa shape index (κ1) is 14.5. The molecule has 0 spiro atoms. The number of hydrogen-bond acceptors (Lipinski definition) is 3. The zero-order valence-electron chi connectivity index (χ0n) is 11.4. The molecular formula is C16H15FO2S. The molecule has 0 aliphatic rings. The van der Waals surface area contributed by atoms with Crippen molar-refractivity contribution in [3.05, 3.63) is 52.7 Å². The highest BCUT2D eigenvalue weighted by Gasteiger charge is 2.08. The smallest absolute Gasteiger partial charge is 0.333 e. The van der Waals surface area contributed by atoms with E-state index in [1.807, 2.05) is 12.1 Å². The van der Waals surface area contributed by atoms with E-state index in [1.54, 1.807) is 38.1 Å². The number of benzene rings is 1. The third kappa shape index (κ3) is 3.33. The molecule has 0 radical (unpaired) electrons. The highest BCUT2D eigenvalue weighted by atomic mass is 32.1. The van der Waals surface area contributed by atoms with E-state index in [2.05, 4.69) is 0 Å². The molecule has 0 saturated carbocycles. The second-order valence-electron chi connectivity index (χ2n) is 4.23. The lowest BCUT2D eigenvalue weighted by Gasteiger charge is -2.00. The Morgan fingerprint density at radius 3 is 2.75 bits per heavy atom. The van der Waals surface area contributed by atoms with Gasteiger partial charge in [-0.1, -0.05) is 18.2 Å². The summed E-state index contributed by atoms with van der Waals surface area (Å²) in [7, 11) is 0. The summed E-state index contributed by atoms with van der Waals surface area (Å²) in [6.07, 6.45) is 1.76. The average Bonchev–Trinajstić information content (AvgIpc) is 2.87. The summed E-state index contributed by atoms with van der Waals surface area (Å²) < 4.78 is 18.6. The van der Waals surface area contributed by atoms with Gasteiger partial charge in [-0.15, -0.1) is 11.3 Å². The largest absolute Gasteiger partial charge is 0.463 e. The van der Waals surface area contributed by atoms with Crippen LogP contribution in [0.4, 0.5) is 4.39 Å². The molecule has 0 atom stereocenters. The van der Waals surface area contributed by atoms with Gasteiger partial charge in [-0.2, -0.15) is 0 Å². The van der Waals surface area contributed by atoms with Crippen molar-refractivity contribution in [1.82, 2.24) is 0 Å². The van der Waals surface area contributed by atoms with Crippen LogP contribution in [-0.4, -0.2) is 12.6 Å². The predicted molar refractivity (Wildman–Crippen MR) is 80.0 cm³/mol. The summed E-state index contributed by atoms with van der Waals surface area (Å²) in [6.45, 7) is 3.84. The van der Waals surface area contributed by atoms with Gasteiger partial charge in [-0.25, -0.2) is 9.18 Å². The van der Waals surface area contributed by atoms with Crippen molar-refractivity contribution < 1.29 is 13.9 Å². The normalized spacial score (nSPS) is 11.4. The van der Waals surface area contributed by atoms with E-state index in [4.69, 9.17) is 4.74 Å². The number of ether oxygens (including phenoxy) is 1. The molecule has 0 unspecified atom stereocenters. The van der Waals surface area contributed by atoms with E-state index in [-0.39, 0.29) is 11.8 Å². The predicted octanol–water partition coefficient (Wildman–Crippen LogP) is 4.52. The Kier molecular flexibility index (Phi) is 4.69. The molecule has 0 N–H and O–H groups in total. The maximum atomic E-state index is 13.7. The van der Waals surface area contributed by atoms with Gasteiger partial charge in [0.15, 0.2) is 0 Å². The summed E-state index contributed by atoms with van der Waals surface area (Å²) in [5.74, 6) is -0.569. The van der Waals surface area contributed by atoms with Gasteiger partial charge in [0.1, 0.15) is 5.82 Å². The van der Waals surface area contributed by atoms with Crippen LogP contribution in [0.25, 0.3) is 16.5 Å². The molecule has 0 fully saturated rings. The van der Waals surface area contributed by atoms with Gasteiger partial charge in [0.2, 0.25) is 0 Å². The number of esters is 1. The molecule has 0 aliphatic carbocycles. The first-order valence-corrected chi connectivity index (χ1v) is 7.13. The molecule has 0 aliphatic heterocycles. The number of carbonyl (C=O) groups is 1. The number of rotatable bonds is 4. The van der Waals surface area contributed by atoms with Crippen LogP contribution in [0.15, 0.2) is 42.0 Å². The summed E-state index contributed by atoms with van der Waals surface area (Å²) in [6, 6.07) is 10.4. The van der Waals surface area contributed by atoms with Gasteiger partial charge in [0.05, 0.1) is 6.61 Å². The van der Waals surface area contributed by atoms with Crippen molar-refractivity contribution in [3.8, 4) is 10.4 Å². The van der Waals surface area contributed by atoms with Crippen molar-refractivity contribution in [1.29, 1.82) is 0 Å². The Balaban J connectivity index is 2.24. The molecule has 0 amide bonds. The van der Waals surface area contributed by atoms with Crippen LogP contribution in [0.1, 0.15) is 18.7 Å². The van der Waals surface area contributed by atoms with E-state index in [0.717, 1.165) is 9.75 Å². The maximum Gasteiger partial charge on any atom is 0.333 e. The van der Waals surface area contributed by atoms with Crippen molar-refractivity contribution in [2.75, 3.05) is 6.61 Å². The number of carbonyl (C=O) groups excluding carboxylic acids is 1. The van der Waals surface area contributed by atoms with Crippen molar-refractivity contribution in [3.63, 3.8) is 0 Å². The third-order valence-electron chi connectivity index (χ3n) is 2.72. The number of hydrogen-bond donors (Lipinski definition) is 0. The Morgan fingerprint density at radius 1 is 1.30 bits per heavy atom. The van der Waals surface area contributed by atoms with Gasteiger partial charge in [0.25, 0.3) is 0 Å². The van der Waals surface area contributed by atoms with Crippen LogP contribution in [0, 0.1) is 5.82 Å². The minimum absolute atomic E-state index is 0.244. The van der Waals surface area contributed by atoms with Crippen molar-refractivity contribution in [2.24, 2.45) is 0 Å². The second-order valence-corrected chi connectivity index (χ2v) is 5.35. The Bertz CT molecular complexity index is 643. The van der Waals surface area contributed by atoms with E-state index in [9.17, 15) is 9.18 Å². The van der Waals surface area contributed by atoms with Crippen molar-refractivity contribution in [2.45, 2.75) is 13.8 Å². The lowest BCUT2D eigenvalue weighted by Crippen LogP contribution is -2.04. The van der Waals surface area contributed by atoms with E-state index < -0.39 is 0 Å². The molecule has 1 aromatic heterocycles. The number of thiophene rings is 1. The van der Waals surface area contributed by atoms with Gasteiger partial charge in [-0.3, -0.25) is 0 Å².